The van der Waals surface area contributed by atoms with Crippen molar-refractivity contribution in [3.63, 3.8) is 0 Å². The number of aliphatic hydroxyl groups is 3. The Morgan fingerprint density at radius 3 is 2.87 bits per heavy atom. The molecule has 3 heterocycles. The summed E-state index contributed by atoms with van der Waals surface area (Å²) in [7, 11) is 0. The molecule has 1 aliphatic rings. The number of thioether (sulfide) groups is 1. The van der Waals surface area contributed by atoms with Crippen LogP contribution in [0.4, 0.5) is 5.82 Å². The van der Waals surface area contributed by atoms with Crippen LogP contribution in [-0.4, -0.2) is 71.3 Å². The lowest BCUT2D eigenvalue weighted by atomic mass is 10.1. The Kier molecular flexibility index (Phi) is 4.97. The highest BCUT2D eigenvalue weighted by Crippen LogP contribution is 2.33. The van der Waals surface area contributed by atoms with Gasteiger partial charge in [0.25, 0.3) is 0 Å². The lowest BCUT2D eigenvalue weighted by molar-refractivity contribution is -0.0289. The van der Waals surface area contributed by atoms with Gasteiger partial charge in [0, 0.05) is 12.4 Å². The highest BCUT2D eigenvalue weighted by atomic mass is 32.2. The molecule has 2 aromatic heterocycles. The quantitative estimate of drug-likeness (QED) is 0.494. The maximum Gasteiger partial charge on any atom is 0.167 e. The molecule has 0 amide bonds. The zero-order chi connectivity index (χ0) is 16.4. The number of anilines is 1. The number of aliphatic hydroxyl groups excluding tert-OH is 3. The van der Waals surface area contributed by atoms with Crippen molar-refractivity contribution in [1.82, 2.24) is 19.5 Å². The molecule has 23 heavy (non-hydrogen) atoms. The Labute approximate surface area is 136 Å². The molecular weight excluding hydrogens is 322 g/mol. The van der Waals surface area contributed by atoms with Crippen LogP contribution < -0.4 is 5.73 Å². The van der Waals surface area contributed by atoms with E-state index in [4.69, 9.17) is 15.6 Å². The highest BCUT2D eigenvalue weighted by Gasteiger charge is 2.44. The predicted molar refractivity (Wildman–Crippen MR) is 84.7 cm³/mol. The molecule has 1 saturated heterocycles. The van der Waals surface area contributed by atoms with Gasteiger partial charge in [0.15, 0.2) is 17.7 Å². The number of nitrogen functional groups attached to an aromatic ring is 1. The van der Waals surface area contributed by atoms with E-state index >= 15 is 0 Å². The summed E-state index contributed by atoms with van der Waals surface area (Å²) >= 11 is 1.56. The highest BCUT2D eigenvalue weighted by molar-refractivity contribution is 7.99. The van der Waals surface area contributed by atoms with E-state index in [0.29, 0.717) is 23.3 Å². The fourth-order valence-corrected chi connectivity index (χ4v) is 3.53. The molecule has 9 nitrogen and oxygen atoms in total. The van der Waals surface area contributed by atoms with Crippen molar-refractivity contribution in [2.45, 2.75) is 31.0 Å². The standard InChI is InChI=1S/C13H19N5O4S/c14-11-8-12(16-5-15-11)18(6-17-8)13-10(21)9(20)7(22-13)4-23-3-1-2-19/h5-7,9-10,13,19-21H,1-4H2,(H2,14,15,16)/t7-,9-,10-,13-/m1/s1. The number of fused-ring (bicyclic) bond motifs is 1. The summed E-state index contributed by atoms with van der Waals surface area (Å²) in [5.41, 5.74) is 6.62. The number of aromatic nitrogens is 4. The van der Waals surface area contributed by atoms with Crippen LogP contribution in [0.3, 0.4) is 0 Å². The smallest absolute Gasteiger partial charge is 0.167 e. The molecular formula is C13H19N5O4S. The van der Waals surface area contributed by atoms with Crippen molar-refractivity contribution < 1.29 is 20.1 Å². The van der Waals surface area contributed by atoms with Gasteiger partial charge in [-0.1, -0.05) is 0 Å². The lowest BCUT2D eigenvalue weighted by Gasteiger charge is -2.16. The summed E-state index contributed by atoms with van der Waals surface area (Å²) in [6.45, 7) is 0.133. The van der Waals surface area contributed by atoms with E-state index in [-0.39, 0.29) is 12.4 Å². The van der Waals surface area contributed by atoms with Gasteiger partial charge in [0.05, 0.1) is 12.4 Å². The van der Waals surface area contributed by atoms with Gasteiger partial charge >= 0.3 is 0 Å². The third-order valence-electron chi connectivity index (χ3n) is 3.73. The van der Waals surface area contributed by atoms with Gasteiger partial charge < -0.3 is 25.8 Å². The maximum absolute atomic E-state index is 10.3. The minimum Gasteiger partial charge on any atom is -0.396 e. The molecule has 0 spiro atoms. The first-order valence-corrected chi connectivity index (χ1v) is 8.42. The second kappa shape index (κ2) is 6.97. The molecule has 3 rings (SSSR count). The minimum absolute atomic E-state index is 0.133. The van der Waals surface area contributed by atoms with Gasteiger partial charge in [-0.25, -0.2) is 15.0 Å². The molecule has 0 saturated carbocycles. The average molecular weight is 341 g/mol. The van der Waals surface area contributed by atoms with E-state index in [1.807, 2.05) is 0 Å². The van der Waals surface area contributed by atoms with Crippen molar-refractivity contribution in [3.05, 3.63) is 12.7 Å². The monoisotopic (exact) mass is 341 g/mol. The molecule has 2 aromatic rings. The van der Waals surface area contributed by atoms with Crippen LogP contribution in [0.1, 0.15) is 12.6 Å². The Morgan fingerprint density at radius 2 is 2.09 bits per heavy atom. The normalized spacial score (nSPS) is 27.8. The van der Waals surface area contributed by atoms with Gasteiger partial charge in [-0.15, -0.1) is 0 Å². The summed E-state index contributed by atoms with van der Waals surface area (Å²) in [6, 6.07) is 0. The zero-order valence-electron chi connectivity index (χ0n) is 12.3. The second-order valence-corrected chi connectivity index (χ2v) is 6.43. The number of ether oxygens (including phenoxy) is 1. The molecule has 10 heteroatoms. The van der Waals surface area contributed by atoms with Crippen molar-refractivity contribution in [1.29, 1.82) is 0 Å². The zero-order valence-corrected chi connectivity index (χ0v) is 13.1. The molecule has 0 aliphatic carbocycles. The topological polar surface area (TPSA) is 140 Å². The van der Waals surface area contributed by atoms with Crippen LogP contribution in [-0.2, 0) is 4.74 Å². The van der Waals surface area contributed by atoms with Crippen LogP contribution in [0.25, 0.3) is 11.2 Å². The molecule has 0 aromatic carbocycles. The van der Waals surface area contributed by atoms with Gasteiger partial charge in [0.1, 0.15) is 24.1 Å². The Morgan fingerprint density at radius 1 is 1.26 bits per heavy atom. The fraction of sp³-hybridized carbons (Fsp3) is 0.615. The van der Waals surface area contributed by atoms with Crippen molar-refractivity contribution in [3.8, 4) is 0 Å². The SMILES string of the molecule is Nc1ncnc2c1ncn2[C@@H]1O[C@H](CSCCCO)[C@@H](O)[C@H]1O. The number of nitrogens with zero attached hydrogens (tertiary/aromatic N) is 4. The molecule has 0 bridgehead atoms. The summed E-state index contributed by atoms with van der Waals surface area (Å²) < 4.78 is 7.35. The maximum atomic E-state index is 10.3. The largest absolute Gasteiger partial charge is 0.396 e. The molecule has 5 N–H and O–H groups in total. The summed E-state index contributed by atoms with van der Waals surface area (Å²) in [6.07, 6.45) is 0.0864. The number of nitrogens with two attached hydrogens (primary N) is 1. The second-order valence-electron chi connectivity index (χ2n) is 5.28. The Balaban J connectivity index is 1.76. The average Bonchev–Trinajstić information content (AvgIpc) is 3.09. The Hall–Kier alpha value is -1.46. The van der Waals surface area contributed by atoms with E-state index in [1.54, 1.807) is 16.3 Å². The van der Waals surface area contributed by atoms with Crippen LogP contribution >= 0.6 is 11.8 Å². The van der Waals surface area contributed by atoms with E-state index in [1.165, 1.54) is 12.7 Å². The van der Waals surface area contributed by atoms with Crippen molar-refractivity contribution in [2.24, 2.45) is 0 Å². The van der Waals surface area contributed by atoms with Gasteiger partial charge in [-0.3, -0.25) is 4.57 Å². The minimum atomic E-state index is -1.09. The van der Waals surface area contributed by atoms with E-state index in [9.17, 15) is 10.2 Å². The third kappa shape index (κ3) is 3.12. The van der Waals surface area contributed by atoms with Crippen molar-refractivity contribution in [2.75, 3.05) is 23.8 Å². The van der Waals surface area contributed by atoms with Crippen LogP contribution in [0.5, 0.6) is 0 Å². The van der Waals surface area contributed by atoms with E-state index < -0.39 is 24.5 Å². The molecule has 0 radical (unpaired) electrons. The summed E-state index contributed by atoms with van der Waals surface area (Å²) in [5, 5.41) is 29.2. The first kappa shape index (κ1) is 16.4. The van der Waals surface area contributed by atoms with Crippen LogP contribution in [0.2, 0.25) is 0 Å². The van der Waals surface area contributed by atoms with Crippen molar-refractivity contribution >= 4 is 28.7 Å². The number of hydrogen-bond donors (Lipinski definition) is 4. The predicted octanol–water partition coefficient (Wildman–Crippen LogP) is -0.857. The molecule has 1 fully saturated rings. The van der Waals surface area contributed by atoms with Crippen LogP contribution in [0, 0.1) is 0 Å². The number of imidazole rings is 1. The van der Waals surface area contributed by atoms with Gasteiger partial charge in [-0.2, -0.15) is 11.8 Å². The number of rotatable bonds is 6. The lowest BCUT2D eigenvalue weighted by Crippen LogP contribution is -2.32. The molecule has 126 valence electrons. The van der Waals surface area contributed by atoms with E-state index in [2.05, 4.69) is 15.0 Å². The fourth-order valence-electron chi connectivity index (χ4n) is 2.52. The van der Waals surface area contributed by atoms with Crippen LogP contribution in [0.15, 0.2) is 12.7 Å². The Bertz CT molecular complexity index is 669. The van der Waals surface area contributed by atoms with Gasteiger partial charge in [0.2, 0.25) is 0 Å². The summed E-state index contributed by atoms with van der Waals surface area (Å²) in [5.74, 6) is 1.54. The van der Waals surface area contributed by atoms with Gasteiger partial charge in [-0.05, 0) is 12.2 Å². The third-order valence-corrected chi connectivity index (χ3v) is 4.87. The first-order valence-electron chi connectivity index (χ1n) is 7.26. The van der Waals surface area contributed by atoms with E-state index in [0.717, 1.165) is 5.75 Å². The number of hydrogen-bond acceptors (Lipinski definition) is 9. The summed E-state index contributed by atoms with van der Waals surface area (Å²) in [4.78, 5) is 12.1. The molecule has 4 atom stereocenters. The first-order chi connectivity index (χ1) is 11.1. The molecule has 1 aliphatic heterocycles. The molecule has 0 unspecified atom stereocenters.